The van der Waals surface area contributed by atoms with Crippen LogP contribution in [-0.4, -0.2) is 24.5 Å². The van der Waals surface area contributed by atoms with Gasteiger partial charge in [0.1, 0.15) is 0 Å². The van der Waals surface area contributed by atoms with E-state index >= 15 is 0 Å². The molecule has 2 atom stereocenters. The first kappa shape index (κ1) is 11.7. The first-order valence-electron chi connectivity index (χ1n) is 5.14. The molecule has 1 aromatic heterocycles. The van der Waals surface area contributed by atoms with Crippen molar-refractivity contribution < 1.29 is 0 Å². The summed E-state index contributed by atoms with van der Waals surface area (Å²) in [5.41, 5.74) is 7.37. The Morgan fingerprint density at radius 2 is 2.29 bits per heavy atom. The van der Waals surface area contributed by atoms with E-state index in [2.05, 4.69) is 42.6 Å². The molecule has 0 bridgehead atoms. The van der Waals surface area contributed by atoms with Crippen LogP contribution in [-0.2, 0) is 0 Å². The van der Waals surface area contributed by atoms with Crippen molar-refractivity contribution in [2.45, 2.75) is 32.4 Å². The molecule has 0 aromatic carbocycles. The smallest absolute Gasteiger partial charge is 0.0501 e. The molecule has 0 aliphatic heterocycles. The highest BCUT2D eigenvalue weighted by Gasteiger charge is 2.20. The van der Waals surface area contributed by atoms with Gasteiger partial charge in [-0.3, -0.25) is 4.90 Å². The molecule has 1 rings (SSSR count). The average molecular weight is 212 g/mol. The number of likely N-dealkylation sites (N-methyl/N-ethyl adjacent to an activating group) is 1. The van der Waals surface area contributed by atoms with Crippen LogP contribution in [0.2, 0.25) is 0 Å². The molecule has 0 amide bonds. The summed E-state index contributed by atoms with van der Waals surface area (Å²) in [6.07, 6.45) is 1.17. The molecular formula is C11H20N2S. The van der Waals surface area contributed by atoms with Gasteiger partial charge in [-0.15, -0.1) is 0 Å². The lowest BCUT2D eigenvalue weighted by Gasteiger charge is -2.30. The quantitative estimate of drug-likeness (QED) is 0.812. The zero-order valence-electron chi connectivity index (χ0n) is 9.23. The minimum Gasteiger partial charge on any atom is -0.326 e. The first-order chi connectivity index (χ1) is 6.66. The highest BCUT2D eigenvalue weighted by atomic mass is 32.1. The Labute approximate surface area is 90.7 Å². The number of rotatable bonds is 5. The molecule has 1 heterocycles. The van der Waals surface area contributed by atoms with Gasteiger partial charge in [-0.1, -0.05) is 6.92 Å². The molecule has 14 heavy (non-hydrogen) atoms. The maximum atomic E-state index is 6.02. The van der Waals surface area contributed by atoms with Crippen molar-refractivity contribution >= 4 is 11.3 Å². The third-order valence-electron chi connectivity index (χ3n) is 2.43. The molecule has 0 aliphatic rings. The monoisotopic (exact) mass is 212 g/mol. The Bertz CT molecular complexity index is 244. The van der Waals surface area contributed by atoms with Gasteiger partial charge in [0.25, 0.3) is 0 Å². The van der Waals surface area contributed by atoms with Gasteiger partial charge in [0.15, 0.2) is 0 Å². The predicted octanol–water partition coefficient (Wildman–Crippen LogP) is 2.48. The topological polar surface area (TPSA) is 29.3 Å². The van der Waals surface area contributed by atoms with Crippen molar-refractivity contribution in [1.29, 1.82) is 0 Å². The zero-order valence-corrected chi connectivity index (χ0v) is 10.1. The lowest BCUT2D eigenvalue weighted by atomic mass is 10.0. The van der Waals surface area contributed by atoms with Gasteiger partial charge in [0.05, 0.1) is 6.04 Å². The van der Waals surface area contributed by atoms with Gasteiger partial charge < -0.3 is 5.73 Å². The maximum Gasteiger partial charge on any atom is 0.0501 e. The third-order valence-corrected chi connectivity index (χ3v) is 3.14. The second-order valence-electron chi connectivity index (χ2n) is 3.84. The first-order valence-corrected chi connectivity index (χ1v) is 6.09. The Balaban J connectivity index is 2.74. The number of hydrogen-bond donors (Lipinski definition) is 1. The molecule has 1 aromatic rings. The standard InChI is InChI=1S/C11H20N2S/c1-4-6-13(3)11(9(2)12)10-5-7-14-8-10/h5,7-9,11H,4,6,12H2,1-3H3. The summed E-state index contributed by atoms with van der Waals surface area (Å²) in [6, 6.07) is 2.72. The van der Waals surface area contributed by atoms with E-state index < -0.39 is 0 Å². The van der Waals surface area contributed by atoms with Crippen LogP contribution in [0.4, 0.5) is 0 Å². The zero-order chi connectivity index (χ0) is 10.6. The van der Waals surface area contributed by atoms with Crippen LogP contribution in [0.15, 0.2) is 16.8 Å². The largest absolute Gasteiger partial charge is 0.326 e. The van der Waals surface area contributed by atoms with Gasteiger partial charge in [-0.25, -0.2) is 0 Å². The van der Waals surface area contributed by atoms with Crippen LogP contribution in [0.5, 0.6) is 0 Å². The van der Waals surface area contributed by atoms with E-state index in [1.54, 1.807) is 11.3 Å². The molecule has 0 spiro atoms. The van der Waals surface area contributed by atoms with E-state index in [0.29, 0.717) is 6.04 Å². The van der Waals surface area contributed by atoms with E-state index in [4.69, 9.17) is 5.73 Å². The highest BCUT2D eigenvalue weighted by Crippen LogP contribution is 2.24. The molecule has 2 N–H and O–H groups in total. The van der Waals surface area contributed by atoms with Crippen LogP contribution in [0.3, 0.4) is 0 Å². The van der Waals surface area contributed by atoms with Crippen LogP contribution in [0.25, 0.3) is 0 Å². The molecule has 2 nitrogen and oxygen atoms in total. The van der Waals surface area contributed by atoms with Crippen molar-refractivity contribution in [1.82, 2.24) is 4.90 Å². The maximum absolute atomic E-state index is 6.02. The van der Waals surface area contributed by atoms with Crippen molar-refractivity contribution in [2.24, 2.45) is 5.73 Å². The fourth-order valence-electron chi connectivity index (χ4n) is 1.89. The number of nitrogens with zero attached hydrogens (tertiary/aromatic N) is 1. The van der Waals surface area contributed by atoms with Gasteiger partial charge in [0, 0.05) is 6.04 Å². The van der Waals surface area contributed by atoms with E-state index in [1.807, 2.05) is 0 Å². The predicted molar refractivity (Wildman–Crippen MR) is 63.6 cm³/mol. The minimum atomic E-state index is 0.182. The Morgan fingerprint density at radius 3 is 2.71 bits per heavy atom. The summed E-state index contributed by atoms with van der Waals surface area (Å²) in [7, 11) is 2.15. The number of hydrogen-bond acceptors (Lipinski definition) is 3. The molecule has 0 radical (unpaired) electrons. The Kier molecular flexibility index (Phi) is 4.58. The number of nitrogens with two attached hydrogens (primary N) is 1. The van der Waals surface area contributed by atoms with Crippen molar-refractivity contribution in [3.05, 3.63) is 22.4 Å². The molecule has 0 fully saturated rings. The highest BCUT2D eigenvalue weighted by molar-refractivity contribution is 7.07. The molecule has 0 saturated carbocycles. The van der Waals surface area contributed by atoms with Gasteiger partial charge in [-0.2, -0.15) is 11.3 Å². The van der Waals surface area contributed by atoms with Crippen molar-refractivity contribution in [2.75, 3.05) is 13.6 Å². The molecule has 3 heteroatoms. The van der Waals surface area contributed by atoms with E-state index in [0.717, 1.165) is 6.54 Å². The van der Waals surface area contributed by atoms with Crippen molar-refractivity contribution in [3.63, 3.8) is 0 Å². The summed E-state index contributed by atoms with van der Waals surface area (Å²) in [5, 5.41) is 4.31. The second kappa shape index (κ2) is 5.49. The lowest BCUT2D eigenvalue weighted by Crippen LogP contribution is -2.37. The van der Waals surface area contributed by atoms with E-state index in [1.165, 1.54) is 12.0 Å². The summed E-state index contributed by atoms with van der Waals surface area (Å²) < 4.78 is 0. The van der Waals surface area contributed by atoms with E-state index in [-0.39, 0.29) is 6.04 Å². The van der Waals surface area contributed by atoms with Crippen LogP contribution in [0.1, 0.15) is 31.9 Å². The summed E-state index contributed by atoms with van der Waals surface area (Å²) in [4.78, 5) is 2.34. The molecule has 2 unspecified atom stereocenters. The van der Waals surface area contributed by atoms with Crippen molar-refractivity contribution in [3.8, 4) is 0 Å². The summed E-state index contributed by atoms with van der Waals surface area (Å²) >= 11 is 1.74. The lowest BCUT2D eigenvalue weighted by molar-refractivity contribution is 0.220. The van der Waals surface area contributed by atoms with E-state index in [9.17, 15) is 0 Å². The van der Waals surface area contributed by atoms with Crippen LogP contribution in [0, 0.1) is 0 Å². The normalized spacial score (nSPS) is 15.8. The average Bonchev–Trinajstić information content (AvgIpc) is 2.57. The Morgan fingerprint density at radius 1 is 1.57 bits per heavy atom. The van der Waals surface area contributed by atoms with Crippen LogP contribution >= 0.6 is 11.3 Å². The van der Waals surface area contributed by atoms with Gasteiger partial charge in [0.2, 0.25) is 0 Å². The molecular weight excluding hydrogens is 192 g/mol. The SMILES string of the molecule is CCCN(C)C(c1ccsc1)C(C)N. The van der Waals surface area contributed by atoms with Gasteiger partial charge >= 0.3 is 0 Å². The minimum absolute atomic E-state index is 0.182. The fourth-order valence-corrected chi connectivity index (χ4v) is 2.58. The molecule has 80 valence electrons. The van der Waals surface area contributed by atoms with Gasteiger partial charge in [-0.05, 0) is 49.3 Å². The number of thiophene rings is 1. The summed E-state index contributed by atoms with van der Waals surface area (Å²) in [6.45, 7) is 5.37. The molecule has 0 aliphatic carbocycles. The summed E-state index contributed by atoms with van der Waals surface area (Å²) in [5.74, 6) is 0. The Hall–Kier alpha value is -0.380. The second-order valence-corrected chi connectivity index (χ2v) is 4.62. The third kappa shape index (κ3) is 2.80. The fraction of sp³-hybridized carbons (Fsp3) is 0.636. The molecule has 0 saturated heterocycles. The van der Waals surface area contributed by atoms with Crippen LogP contribution < -0.4 is 5.73 Å².